The molecule has 0 bridgehead atoms. The minimum Gasteiger partial charge on any atom is -0.335 e. The summed E-state index contributed by atoms with van der Waals surface area (Å²) in [4.78, 5) is 0. The van der Waals surface area contributed by atoms with Crippen molar-refractivity contribution in [2.45, 2.75) is 20.3 Å². The van der Waals surface area contributed by atoms with Crippen LogP contribution in [-0.4, -0.2) is 0 Å². The molecule has 2 aromatic rings. The van der Waals surface area contributed by atoms with Gasteiger partial charge < -0.3 is 6.42 Å². The Morgan fingerprint density at radius 1 is 0.944 bits per heavy atom. The van der Waals surface area contributed by atoms with E-state index in [9.17, 15) is 0 Å². The van der Waals surface area contributed by atoms with Crippen LogP contribution in [0.25, 0.3) is 11.1 Å². The zero-order valence-corrected chi connectivity index (χ0v) is 15.2. The third-order valence-corrected chi connectivity index (χ3v) is 2.86. The molecule has 18 heavy (non-hydrogen) atoms. The second kappa shape index (κ2) is 7.07. The van der Waals surface area contributed by atoms with Crippen molar-refractivity contribution in [3.05, 3.63) is 72.5 Å². The van der Waals surface area contributed by atoms with Gasteiger partial charge in [0.05, 0.1) is 0 Å². The van der Waals surface area contributed by atoms with Crippen molar-refractivity contribution in [1.29, 1.82) is 0 Å². The Labute approximate surface area is 134 Å². The molecule has 0 unspecified atom stereocenters. The first-order chi connectivity index (χ1) is 8.26. The van der Waals surface area contributed by atoms with Gasteiger partial charge in [-0.1, -0.05) is 29.8 Å². The van der Waals surface area contributed by atoms with Gasteiger partial charge in [-0.25, -0.2) is 0 Å². The summed E-state index contributed by atoms with van der Waals surface area (Å²) in [6, 6.07) is 15.1. The fourth-order valence-electron chi connectivity index (χ4n) is 2.20. The third-order valence-electron chi connectivity index (χ3n) is 2.86. The Morgan fingerprint density at radius 3 is 2.28 bits per heavy atom. The molecule has 1 heteroatoms. The first-order valence-electron chi connectivity index (χ1n) is 6.03. The smallest absolute Gasteiger partial charge is 0.335 e. The summed E-state index contributed by atoms with van der Waals surface area (Å²) in [6.45, 7) is 7.96. The zero-order chi connectivity index (χ0) is 12.3. The molecule has 0 N–H and O–H groups in total. The van der Waals surface area contributed by atoms with E-state index < -0.39 is 0 Å². The predicted molar refractivity (Wildman–Crippen MR) is 74.8 cm³/mol. The van der Waals surface area contributed by atoms with Crippen molar-refractivity contribution in [2.24, 2.45) is 0 Å². The minimum absolute atomic E-state index is 0. The number of fused-ring (bicyclic) bond motifs is 3. The number of rotatable bonds is 0. The molecule has 0 amide bonds. The van der Waals surface area contributed by atoms with Crippen LogP contribution in [0.1, 0.15) is 30.5 Å². The Bertz CT molecular complexity index is 515. The van der Waals surface area contributed by atoms with Crippen LogP contribution in [0, 0.1) is 44.5 Å². The average Bonchev–Trinajstić information content (AvgIpc) is 2.67. The average molecular weight is 460 g/mol. The Balaban J connectivity index is 0.000000372. The summed E-state index contributed by atoms with van der Waals surface area (Å²) in [5.74, 6) is 0. The summed E-state index contributed by atoms with van der Waals surface area (Å²) in [6.07, 6.45) is 3.06. The van der Waals surface area contributed by atoms with Crippen LogP contribution in [0.15, 0.2) is 42.5 Å². The molecule has 0 nitrogen and oxygen atoms in total. The van der Waals surface area contributed by atoms with Crippen molar-refractivity contribution in [3.63, 3.8) is 0 Å². The van der Waals surface area contributed by atoms with Crippen LogP contribution in [0.3, 0.4) is 0 Å². The summed E-state index contributed by atoms with van der Waals surface area (Å²) in [5.41, 5.74) is 6.74. The van der Waals surface area contributed by atoms with Crippen LogP contribution in [0.2, 0.25) is 0 Å². The van der Waals surface area contributed by atoms with Crippen LogP contribution >= 0.6 is 0 Å². The fourth-order valence-corrected chi connectivity index (χ4v) is 2.20. The Hall–Kier alpha value is -0.638. The summed E-state index contributed by atoms with van der Waals surface area (Å²) < 4.78 is 0. The van der Waals surface area contributed by atoms with E-state index in [0.717, 1.165) is 12.0 Å². The van der Waals surface area contributed by atoms with Crippen molar-refractivity contribution < 1.29 is 31.1 Å². The van der Waals surface area contributed by atoms with Gasteiger partial charge in [0.15, 0.2) is 0 Å². The van der Waals surface area contributed by atoms with Crippen molar-refractivity contribution in [3.8, 4) is 11.1 Å². The monoisotopic (exact) mass is 460 g/mol. The molecule has 2 aromatic carbocycles. The molecular formula is C17H18U. The van der Waals surface area contributed by atoms with Gasteiger partial charge in [0.1, 0.15) is 0 Å². The topological polar surface area (TPSA) is 0 Å². The molecule has 90 valence electrons. The van der Waals surface area contributed by atoms with Crippen LogP contribution in [-0.2, 0) is 6.42 Å². The Kier molecular flexibility index (Phi) is 6.06. The predicted octanol–water partition coefficient (Wildman–Crippen LogP) is 4.67. The molecular weight excluding hydrogens is 442 g/mol. The molecule has 0 atom stereocenters. The van der Waals surface area contributed by atoms with Gasteiger partial charge in [0.25, 0.3) is 0 Å². The SMILES string of the molecule is C[CH-]C.[CH2-]c1ccc2c(c1)Cc1ccccc1-2.[U+2]. The first kappa shape index (κ1) is 15.4. The van der Waals surface area contributed by atoms with E-state index >= 15 is 0 Å². The maximum absolute atomic E-state index is 3.96. The number of hydrogen-bond donors (Lipinski definition) is 0. The summed E-state index contributed by atoms with van der Waals surface area (Å²) in [7, 11) is 0. The summed E-state index contributed by atoms with van der Waals surface area (Å²) >= 11 is 0. The molecule has 0 heterocycles. The van der Waals surface area contributed by atoms with E-state index in [0.29, 0.717) is 0 Å². The van der Waals surface area contributed by atoms with E-state index in [1.807, 2.05) is 20.3 Å². The van der Waals surface area contributed by atoms with Crippen molar-refractivity contribution >= 4 is 0 Å². The molecule has 1 aliphatic carbocycles. The maximum Gasteiger partial charge on any atom is 2.00 e. The number of hydrogen-bond acceptors (Lipinski definition) is 0. The molecule has 0 aliphatic heterocycles. The third kappa shape index (κ3) is 3.22. The van der Waals surface area contributed by atoms with E-state index in [1.54, 1.807) is 0 Å². The Morgan fingerprint density at radius 2 is 1.56 bits per heavy atom. The van der Waals surface area contributed by atoms with Gasteiger partial charge in [-0.05, 0) is 23.1 Å². The molecule has 3 rings (SSSR count). The molecule has 0 saturated carbocycles. The second-order valence-corrected chi connectivity index (χ2v) is 4.40. The van der Waals surface area contributed by atoms with Gasteiger partial charge >= 0.3 is 31.1 Å². The normalized spacial score (nSPS) is 10.6. The van der Waals surface area contributed by atoms with Gasteiger partial charge in [-0.2, -0.15) is 38.5 Å². The second-order valence-electron chi connectivity index (χ2n) is 4.40. The van der Waals surface area contributed by atoms with Crippen molar-refractivity contribution in [1.82, 2.24) is 0 Å². The quantitative estimate of drug-likeness (QED) is 0.428. The molecule has 0 aromatic heterocycles. The maximum atomic E-state index is 3.96. The van der Waals surface area contributed by atoms with E-state index in [-0.39, 0.29) is 31.1 Å². The van der Waals surface area contributed by atoms with Gasteiger partial charge in [-0.15, -0.1) is 6.07 Å². The van der Waals surface area contributed by atoms with Crippen LogP contribution in [0.5, 0.6) is 0 Å². The van der Waals surface area contributed by atoms with Crippen LogP contribution in [0.4, 0.5) is 0 Å². The summed E-state index contributed by atoms with van der Waals surface area (Å²) in [5, 5.41) is 0. The van der Waals surface area contributed by atoms with E-state index in [4.69, 9.17) is 0 Å². The minimum atomic E-state index is 0. The van der Waals surface area contributed by atoms with E-state index in [1.165, 1.54) is 22.3 Å². The number of benzene rings is 2. The molecule has 0 spiro atoms. The van der Waals surface area contributed by atoms with Gasteiger partial charge in [-0.3, -0.25) is 0 Å². The molecule has 1 aliphatic rings. The first-order valence-corrected chi connectivity index (χ1v) is 6.03. The van der Waals surface area contributed by atoms with E-state index in [2.05, 4.69) is 49.4 Å². The largest absolute Gasteiger partial charge is 2.00 e. The van der Waals surface area contributed by atoms with Gasteiger partial charge in [0.2, 0.25) is 0 Å². The molecule has 0 fully saturated rings. The van der Waals surface area contributed by atoms with Gasteiger partial charge in [0, 0.05) is 0 Å². The zero-order valence-electron chi connectivity index (χ0n) is 11.0. The van der Waals surface area contributed by atoms with Crippen LogP contribution < -0.4 is 0 Å². The molecule has 0 radical (unpaired) electrons. The fraction of sp³-hybridized carbons (Fsp3) is 0.176. The molecule has 0 saturated heterocycles. The standard InChI is InChI=1S/C14H11.C3H7.U/c1-10-6-7-14-12(8-10)9-11-4-2-3-5-13(11)14;1-3-2;/h2-8H,1,9H2;3H,1-2H3;/q2*-1;+2. The van der Waals surface area contributed by atoms with Crippen molar-refractivity contribution in [2.75, 3.05) is 0 Å².